The topological polar surface area (TPSA) is 116 Å². The van der Waals surface area contributed by atoms with Gasteiger partial charge in [-0.2, -0.15) is 0 Å². The Labute approximate surface area is 207 Å². The Bertz CT molecular complexity index is 1610. The first kappa shape index (κ1) is 25.4. The Balaban J connectivity index is 1.93. The van der Waals surface area contributed by atoms with Crippen LogP contribution in [0.5, 0.6) is 11.6 Å². The van der Waals surface area contributed by atoms with Crippen molar-refractivity contribution in [2.24, 2.45) is 0 Å². The summed E-state index contributed by atoms with van der Waals surface area (Å²) in [6.07, 6.45) is 2.70. The summed E-state index contributed by atoms with van der Waals surface area (Å²) in [5.41, 5.74) is 3.48. The van der Waals surface area contributed by atoms with Crippen LogP contribution in [-0.2, 0) is 9.84 Å². The molecule has 3 aromatic heterocycles. The molecule has 0 bridgehead atoms. The van der Waals surface area contributed by atoms with Crippen molar-refractivity contribution in [2.45, 2.75) is 26.8 Å². The molecule has 0 radical (unpaired) electrons. The number of hydrogen-bond donors (Lipinski definition) is 1. The van der Waals surface area contributed by atoms with E-state index in [0.29, 0.717) is 23.6 Å². The highest BCUT2D eigenvalue weighted by Gasteiger charge is 2.27. The van der Waals surface area contributed by atoms with Gasteiger partial charge in [-0.25, -0.2) is 27.6 Å². The lowest BCUT2D eigenvalue weighted by atomic mass is 9.98. The standard InChI is InChI=1S/C25H27FN4O5S/c1-6-35-24-21(34-4)10-9-19(28-24)20(13-36(5,32)33)30-23-22(29-25(30)31)15(3)18(12-27-23)17-8-7-16(26)11-14(17)2/h7-12,20H,6,13H2,1-5H3,(H,29,31)/t20-/m1/s1. The van der Waals surface area contributed by atoms with Gasteiger partial charge >= 0.3 is 5.69 Å². The Morgan fingerprint density at radius 1 is 1.17 bits per heavy atom. The average molecular weight is 515 g/mol. The number of halogens is 1. The average Bonchev–Trinajstić information content (AvgIpc) is 3.14. The van der Waals surface area contributed by atoms with Crippen LogP contribution in [0, 0.1) is 19.7 Å². The molecular formula is C25H27FN4O5S. The number of imidazole rings is 1. The molecule has 1 N–H and O–H groups in total. The summed E-state index contributed by atoms with van der Waals surface area (Å²) in [6.45, 7) is 5.73. The van der Waals surface area contributed by atoms with Crippen molar-refractivity contribution in [3.63, 3.8) is 0 Å². The molecule has 4 aromatic rings. The second-order valence-electron chi connectivity index (χ2n) is 8.54. The van der Waals surface area contributed by atoms with Gasteiger partial charge in [0.25, 0.3) is 5.88 Å². The number of pyridine rings is 2. The van der Waals surface area contributed by atoms with Crippen molar-refractivity contribution in [3.8, 4) is 22.8 Å². The molecule has 3 heterocycles. The van der Waals surface area contributed by atoms with Gasteiger partial charge in [0.15, 0.2) is 11.4 Å². The zero-order valence-electron chi connectivity index (χ0n) is 20.6. The molecule has 1 aromatic carbocycles. The van der Waals surface area contributed by atoms with Gasteiger partial charge in [-0.3, -0.25) is 4.57 Å². The number of aromatic amines is 1. The number of H-pyrrole nitrogens is 1. The first-order valence-electron chi connectivity index (χ1n) is 11.3. The third kappa shape index (κ3) is 4.83. The van der Waals surface area contributed by atoms with Crippen molar-refractivity contribution in [1.29, 1.82) is 0 Å². The van der Waals surface area contributed by atoms with Crippen LogP contribution in [0.25, 0.3) is 22.3 Å². The molecule has 36 heavy (non-hydrogen) atoms. The number of ether oxygens (including phenoxy) is 2. The van der Waals surface area contributed by atoms with E-state index in [0.717, 1.165) is 28.5 Å². The number of fused-ring (bicyclic) bond motifs is 1. The fourth-order valence-electron chi connectivity index (χ4n) is 4.28. The van der Waals surface area contributed by atoms with Crippen LogP contribution in [0.1, 0.15) is 29.8 Å². The van der Waals surface area contributed by atoms with E-state index in [1.807, 2.05) is 6.92 Å². The fraction of sp³-hybridized carbons (Fsp3) is 0.320. The SMILES string of the molecule is CCOc1nc([C@@H](CS(C)(=O)=O)n2c(=O)[nH]c3c(C)c(-c4ccc(F)cc4C)cnc32)ccc1OC. The number of hydrogen-bond acceptors (Lipinski definition) is 7. The van der Waals surface area contributed by atoms with Crippen molar-refractivity contribution in [2.75, 3.05) is 25.7 Å². The van der Waals surface area contributed by atoms with E-state index in [4.69, 9.17) is 9.47 Å². The highest BCUT2D eigenvalue weighted by molar-refractivity contribution is 7.90. The van der Waals surface area contributed by atoms with Crippen molar-refractivity contribution < 1.29 is 22.3 Å². The predicted octanol–water partition coefficient (Wildman–Crippen LogP) is 3.58. The van der Waals surface area contributed by atoms with Gasteiger partial charge in [0, 0.05) is 18.0 Å². The Kier molecular flexibility index (Phi) is 6.85. The first-order chi connectivity index (χ1) is 17.0. The van der Waals surface area contributed by atoms with Crippen molar-refractivity contribution >= 4 is 21.0 Å². The molecule has 0 aliphatic heterocycles. The monoisotopic (exact) mass is 514 g/mol. The van der Waals surface area contributed by atoms with E-state index < -0.39 is 21.6 Å². The Morgan fingerprint density at radius 3 is 2.56 bits per heavy atom. The summed E-state index contributed by atoms with van der Waals surface area (Å²) in [4.78, 5) is 25.1. The largest absolute Gasteiger partial charge is 0.491 e. The minimum absolute atomic E-state index is 0.196. The van der Waals surface area contributed by atoms with Crippen LogP contribution < -0.4 is 15.2 Å². The van der Waals surface area contributed by atoms with E-state index in [-0.39, 0.29) is 23.1 Å². The first-order valence-corrected chi connectivity index (χ1v) is 13.3. The molecule has 0 unspecified atom stereocenters. The molecule has 0 spiro atoms. The number of benzene rings is 1. The number of sulfone groups is 1. The van der Waals surface area contributed by atoms with E-state index >= 15 is 0 Å². The summed E-state index contributed by atoms with van der Waals surface area (Å²) in [6, 6.07) is 6.71. The molecular weight excluding hydrogens is 487 g/mol. The molecule has 0 amide bonds. The molecule has 11 heteroatoms. The molecule has 4 rings (SSSR count). The minimum Gasteiger partial charge on any atom is -0.491 e. The fourth-order valence-corrected chi connectivity index (χ4v) is 5.17. The number of nitrogens with one attached hydrogen (secondary N) is 1. The quantitative estimate of drug-likeness (QED) is 0.382. The molecule has 1 atom stereocenters. The third-order valence-electron chi connectivity index (χ3n) is 5.94. The number of nitrogens with zero attached hydrogens (tertiary/aromatic N) is 3. The molecule has 0 aliphatic rings. The normalized spacial score (nSPS) is 12.6. The molecule has 0 saturated carbocycles. The van der Waals surface area contributed by atoms with Crippen molar-refractivity contribution in [3.05, 3.63) is 69.7 Å². The Hall–Kier alpha value is -3.73. The highest BCUT2D eigenvalue weighted by Crippen LogP contribution is 2.32. The van der Waals surface area contributed by atoms with E-state index in [1.165, 1.54) is 23.8 Å². The van der Waals surface area contributed by atoms with Crippen molar-refractivity contribution in [1.82, 2.24) is 19.5 Å². The maximum absolute atomic E-state index is 13.6. The summed E-state index contributed by atoms with van der Waals surface area (Å²) in [7, 11) is -2.07. The van der Waals surface area contributed by atoms with Gasteiger partial charge in [0.1, 0.15) is 15.7 Å². The summed E-state index contributed by atoms with van der Waals surface area (Å²) in [5, 5.41) is 0. The van der Waals surface area contributed by atoms with E-state index in [2.05, 4.69) is 15.0 Å². The maximum atomic E-state index is 13.6. The minimum atomic E-state index is -3.54. The lowest BCUT2D eigenvalue weighted by Gasteiger charge is -2.19. The maximum Gasteiger partial charge on any atom is 0.328 e. The molecule has 9 nitrogen and oxygen atoms in total. The zero-order chi connectivity index (χ0) is 26.2. The number of methoxy groups -OCH3 is 1. The summed E-state index contributed by atoms with van der Waals surface area (Å²) in [5.74, 6) is -0.144. The third-order valence-corrected chi connectivity index (χ3v) is 6.86. The zero-order valence-corrected chi connectivity index (χ0v) is 21.4. The number of aromatic nitrogens is 4. The molecule has 0 aliphatic carbocycles. The van der Waals surface area contributed by atoms with Crippen LogP contribution in [0.4, 0.5) is 4.39 Å². The van der Waals surface area contributed by atoms with Gasteiger partial charge in [-0.1, -0.05) is 6.07 Å². The van der Waals surface area contributed by atoms with Crippen LogP contribution in [0.15, 0.2) is 41.3 Å². The van der Waals surface area contributed by atoms with Crippen LogP contribution in [0.2, 0.25) is 0 Å². The van der Waals surface area contributed by atoms with Crippen LogP contribution in [0.3, 0.4) is 0 Å². The van der Waals surface area contributed by atoms with Gasteiger partial charge in [-0.15, -0.1) is 0 Å². The van der Waals surface area contributed by atoms with Gasteiger partial charge < -0.3 is 14.5 Å². The lowest BCUT2D eigenvalue weighted by Crippen LogP contribution is -2.29. The second-order valence-corrected chi connectivity index (χ2v) is 10.7. The number of aryl methyl sites for hydroxylation is 2. The predicted molar refractivity (Wildman–Crippen MR) is 135 cm³/mol. The molecule has 0 saturated heterocycles. The summed E-state index contributed by atoms with van der Waals surface area (Å²) >= 11 is 0. The van der Waals surface area contributed by atoms with Crippen LogP contribution in [-0.4, -0.2) is 53.7 Å². The van der Waals surface area contributed by atoms with E-state index in [1.54, 1.807) is 38.2 Å². The molecule has 190 valence electrons. The van der Waals surface area contributed by atoms with Gasteiger partial charge in [0.05, 0.1) is 36.7 Å². The number of rotatable bonds is 8. The second kappa shape index (κ2) is 9.73. The van der Waals surface area contributed by atoms with Crippen LogP contribution >= 0.6 is 0 Å². The lowest BCUT2D eigenvalue weighted by molar-refractivity contribution is 0.296. The Morgan fingerprint density at radius 2 is 1.92 bits per heavy atom. The molecule has 0 fully saturated rings. The summed E-state index contributed by atoms with van der Waals surface area (Å²) < 4.78 is 50.6. The highest BCUT2D eigenvalue weighted by atomic mass is 32.2. The van der Waals surface area contributed by atoms with E-state index in [9.17, 15) is 17.6 Å². The van der Waals surface area contributed by atoms with Gasteiger partial charge in [0.2, 0.25) is 0 Å². The van der Waals surface area contributed by atoms with Gasteiger partial charge in [-0.05, 0) is 61.7 Å². The smallest absolute Gasteiger partial charge is 0.328 e.